The Bertz CT molecular complexity index is 2510. The first-order chi connectivity index (χ1) is 27.2. The normalized spacial score (nSPS) is 10.9. The van der Waals surface area contributed by atoms with E-state index >= 15 is 0 Å². The molecule has 0 fully saturated rings. The van der Waals surface area contributed by atoms with Gasteiger partial charge < -0.3 is 10.6 Å². The molecule has 7 heteroatoms. The molecule has 0 aliphatic rings. The van der Waals surface area contributed by atoms with Crippen molar-refractivity contribution in [1.29, 1.82) is 0 Å². The number of thiophene rings is 1. The van der Waals surface area contributed by atoms with Crippen LogP contribution in [0.2, 0.25) is 0 Å². The quantitative estimate of drug-likeness (QED) is 0.146. The minimum Gasteiger partial charge on any atom is -0.355 e. The van der Waals surface area contributed by atoms with Gasteiger partial charge in [0.2, 0.25) is 0 Å². The largest absolute Gasteiger partial charge is 0.355 e. The Morgan fingerprint density at radius 3 is 1.05 bits per heavy atom. The molecule has 0 aliphatic carbocycles. The van der Waals surface area contributed by atoms with E-state index < -0.39 is 0 Å². The molecular formula is C48H34N6S. The van der Waals surface area contributed by atoms with Crippen molar-refractivity contribution in [2.24, 2.45) is 0 Å². The minimum atomic E-state index is 0.975. The maximum absolute atomic E-state index is 4.24. The first-order valence-electron chi connectivity index (χ1n) is 18.0. The number of pyridine rings is 4. The van der Waals surface area contributed by atoms with Gasteiger partial charge in [0.25, 0.3) is 0 Å². The van der Waals surface area contributed by atoms with Gasteiger partial charge in [0.1, 0.15) is 0 Å². The van der Waals surface area contributed by atoms with Gasteiger partial charge in [-0.3, -0.25) is 19.9 Å². The van der Waals surface area contributed by atoms with E-state index in [1.54, 1.807) is 11.3 Å². The number of nitrogens with zero attached hydrogens (tertiary/aromatic N) is 4. The molecular weight excluding hydrogens is 693 g/mol. The standard InChI is InChI=1S/C48H34N6S/c1-3-35(33-13-21-49-22-14-33)29-37(5-1)39-7-9-43(45(31-39)53-41-17-25-51-26-18-41)47-11-12-48(55-47)44-10-8-40(32-46(44)54-42-19-27-52-28-20-42)38-6-2-4-36(30-38)34-15-23-50-24-16-34/h1-32H,(H,51,53)(H,52,54). The van der Waals surface area contributed by atoms with Crippen LogP contribution in [0.15, 0.2) is 195 Å². The van der Waals surface area contributed by atoms with Crippen LogP contribution in [-0.2, 0) is 0 Å². The third-order valence-electron chi connectivity index (χ3n) is 9.51. The maximum atomic E-state index is 4.24. The second-order valence-electron chi connectivity index (χ2n) is 13.0. The zero-order valence-electron chi connectivity index (χ0n) is 29.7. The van der Waals surface area contributed by atoms with Gasteiger partial charge in [-0.15, -0.1) is 11.3 Å². The summed E-state index contributed by atoms with van der Waals surface area (Å²) in [5.74, 6) is 0. The number of rotatable bonds is 10. The van der Waals surface area contributed by atoms with Crippen LogP contribution in [-0.4, -0.2) is 19.9 Å². The van der Waals surface area contributed by atoms with Crippen molar-refractivity contribution in [2.45, 2.75) is 0 Å². The Morgan fingerprint density at radius 1 is 0.309 bits per heavy atom. The molecule has 5 heterocycles. The van der Waals surface area contributed by atoms with Crippen molar-refractivity contribution in [3.05, 3.63) is 195 Å². The number of benzene rings is 4. The first kappa shape index (κ1) is 33.6. The van der Waals surface area contributed by atoms with Crippen LogP contribution in [0.3, 0.4) is 0 Å². The Kier molecular flexibility index (Phi) is 9.41. The SMILES string of the molecule is c1cc(-c2ccncc2)cc(-c2ccc(-c3ccc(-c4ccc(-c5cccc(-c6ccncc6)c5)cc4Nc4ccncc4)s3)c(Nc3ccncc3)c2)c1. The highest BCUT2D eigenvalue weighted by Crippen LogP contribution is 2.44. The molecule has 0 spiro atoms. The third-order valence-corrected chi connectivity index (χ3v) is 10.7. The fourth-order valence-corrected chi connectivity index (χ4v) is 7.82. The zero-order chi connectivity index (χ0) is 36.8. The molecule has 6 nitrogen and oxygen atoms in total. The lowest BCUT2D eigenvalue weighted by Crippen LogP contribution is -1.94. The summed E-state index contributed by atoms with van der Waals surface area (Å²) < 4.78 is 0. The van der Waals surface area contributed by atoms with Gasteiger partial charge in [0, 0.05) is 93.2 Å². The highest BCUT2D eigenvalue weighted by Gasteiger charge is 2.16. The van der Waals surface area contributed by atoms with Gasteiger partial charge >= 0.3 is 0 Å². The van der Waals surface area contributed by atoms with Crippen molar-refractivity contribution >= 4 is 34.1 Å². The fourth-order valence-electron chi connectivity index (χ4n) is 6.74. The second-order valence-corrected chi connectivity index (χ2v) is 14.1. The van der Waals surface area contributed by atoms with E-state index in [-0.39, 0.29) is 0 Å². The Hall–Kier alpha value is -7.22. The molecule has 0 atom stereocenters. The van der Waals surface area contributed by atoms with E-state index in [0.717, 1.165) is 88.1 Å². The topological polar surface area (TPSA) is 75.6 Å². The molecule has 0 amide bonds. The van der Waals surface area contributed by atoms with Gasteiger partial charge in [-0.2, -0.15) is 0 Å². The van der Waals surface area contributed by atoms with Crippen molar-refractivity contribution in [3.63, 3.8) is 0 Å². The van der Waals surface area contributed by atoms with E-state index in [1.807, 2.05) is 98.1 Å². The minimum absolute atomic E-state index is 0.975. The summed E-state index contributed by atoms with van der Waals surface area (Å²) in [6.07, 6.45) is 14.6. The molecule has 5 aromatic heterocycles. The average molecular weight is 727 g/mol. The molecule has 4 aromatic carbocycles. The molecule has 0 bridgehead atoms. The lowest BCUT2D eigenvalue weighted by Gasteiger charge is -2.15. The number of nitrogens with one attached hydrogen (secondary N) is 2. The van der Waals surface area contributed by atoms with Crippen LogP contribution < -0.4 is 10.6 Å². The molecule has 2 N–H and O–H groups in total. The molecule has 9 aromatic rings. The first-order valence-corrected chi connectivity index (χ1v) is 18.8. The van der Waals surface area contributed by atoms with Gasteiger partial charge in [-0.25, -0.2) is 0 Å². The lowest BCUT2D eigenvalue weighted by atomic mass is 9.97. The zero-order valence-corrected chi connectivity index (χ0v) is 30.5. The fraction of sp³-hybridized carbons (Fsp3) is 0. The molecule has 262 valence electrons. The predicted octanol–water partition coefficient (Wildman–Crippen LogP) is 12.8. The summed E-state index contributed by atoms with van der Waals surface area (Å²) in [6.45, 7) is 0. The van der Waals surface area contributed by atoms with Gasteiger partial charge in [0.15, 0.2) is 0 Å². The van der Waals surface area contributed by atoms with Crippen LogP contribution in [0.4, 0.5) is 22.7 Å². The van der Waals surface area contributed by atoms with Crippen molar-refractivity contribution < 1.29 is 0 Å². The molecule has 0 saturated heterocycles. The van der Waals surface area contributed by atoms with Gasteiger partial charge in [-0.1, -0.05) is 60.7 Å². The summed E-state index contributed by atoms with van der Waals surface area (Å²) >= 11 is 1.77. The molecule has 0 radical (unpaired) electrons. The molecule has 0 unspecified atom stereocenters. The van der Waals surface area contributed by atoms with Gasteiger partial charge in [0.05, 0.1) is 0 Å². The summed E-state index contributed by atoms with van der Waals surface area (Å²) in [6, 6.07) is 51.2. The summed E-state index contributed by atoms with van der Waals surface area (Å²) in [5.41, 5.74) is 15.3. The number of hydrogen-bond acceptors (Lipinski definition) is 7. The number of aromatic nitrogens is 4. The van der Waals surface area contributed by atoms with Gasteiger partial charge in [-0.05, 0) is 129 Å². The Labute approximate surface area is 324 Å². The summed E-state index contributed by atoms with van der Waals surface area (Å²) in [7, 11) is 0. The monoisotopic (exact) mass is 726 g/mol. The van der Waals surface area contributed by atoms with Crippen LogP contribution in [0, 0.1) is 0 Å². The van der Waals surface area contributed by atoms with Crippen molar-refractivity contribution in [1.82, 2.24) is 19.9 Å². The highest BCUT2D eigenvalue weighted by atomic mass is 32.1. The predicted molar refractivity (Wildman–Crippen MR) is 228 cm³/mol. The maximum Gasteiger partial charge on any atom is 0.0478 e. The van der Waals surface area contributed by atoms with E-state index in [4.69, 9.17) is 0 Å². The van der Waals surface area contributed by atoms with Crippen molar-refractivity contribution in [2.75, 3.05) is 10.6 Å². The van der Waals surface area contributed by atoms with Crippen molar-refractivity contribution in [3.8, 4) is 65.4 Å². The van der Waals surface area contributed by atoms with Crippen LogP contribution in [0.5, 0.6) is 0 Å². The lowest BCUT2D eigenvalue weighted by molar-refractivity contribution is 1.32. The number of anilines is 4. The van der Waals surface area contributed by atoms with E-state index in [0.29, 0.717) is 0 Å². The molecule has 0 saturated carbocycles. The summed E-state index contributed by atoms with van der Waals surface area (Å²) in [5, 5.41) is 7.40. The van der Waals surface area contributed by atoms with Crippen LogP contribution >= 0.6 is 11.3 Å². The highest BCUT2D eigenvalue weighted by molar-refractivity contribution is 7.19. The Morgan fingerprint density at radius 2 is 0.655 bits per heavy atom. The number of hydrogen-bond donors (Lipinski definition) is 2. The molecule has 0 aliphatic heterocycles. The molecule has 55 heavy (non-hydrogen) atoms. The molecule has 9 rings (SSSR count). The van der Waals surface area contributed by atoms with E-state index in [1.165, 1.54) is 0 Å². The average Bonchev–Trinajstić information content (AvgIpc) is 3.75. The van der Waals surface area contributed by atoms with Crippen LogP contribution in [0.1, 0.15) is 0 Å². The summed E-state index contributed by atoms with van der Waals surface area (Å²) in [4.78, 5) is 19.2. The Balaban J connectivity index is 1.10. The van der Waals surface area contributed by atoms with E-state index in [9.17, 15) is 0 Å². The smallest absolute Gasteiger partial charge is 0.0478 e. The third kappa shape index (κ3) is 7.51. The van der Waals surface area contributed by atoms with E-state index in [2.05, 4.69) is 128 Å². The second kappa shape index (κ2) is 15.4. The van der Waals surface area contributed by atoms with Crippen LogP contribution in [0.25, 0.3) is 65.4 Å².